The van der Waals surface area contributed by atoms with Crippen molar-refractivity contribution in [2.75, 3.05) is 25.9 Å². The summed E-state index contributed by atoms with van der Waals surface area (Å²) in [6, 6.07) is 8.72. The Hall–Kier alpha value is -1.57. The van der Waals surface area contributed by atoms with E-state index in [9.17, 15) is 8.42 Å². The number of thiophene rings is 1. The molecule has 1 N–H and O–H groups in total. The molecular weight excluding hydrogens is 308 g/mol. The van der Waals surface area contributed by atoms with Crippen LogP contribution in [-0.4, -0.2) is 34.5 Å². The van der Waals surface area contributed by atoms with Gasteiger partial charge in [-0.25, -0.2) is 8.42 Å². The second kappa shape index (κ2) is 6.46. The summed E-state index contributed by atoms with van der Waals surface area (Å²) in [5, 5.41) is 1.73. The Morgan fingerprint density at radius 1 is 1.29 bits per heavy atom. The van der Waals surface area contributed by atoms with Gasteiger partial charge in [0.05, 0.1) is 12.8 Å². The molecule has 0 atom stereocenters. The molecule has 2 aromatic rings. The predicted octanol–water partition coefficient (Wildman–Crippen LogP) is 2.62. The molecule has 7 heteroatoms. The lowest BCUT2D eigenvalue weighted by molar-refractivity contribution is 0.396. The Balaban J connectivity index is 2.28. The van der Waals surface area contributed by atoms with Crippen LogP contribution >= 0.6 is 11.3 Å². The van der Waals surface area contributed by atoms with Gasteiger partial charge in [-0.2, -0.15) is 0 Å². The highest BCUT2D eigenvalue weighted by Gasteiger charge is 2.17. The Kier molecular flexibility index (Phi) is 4.87. The summed E-state index contributed by atoms with van der Waals surface area (Å²) in [4.78, 5) is 2.03. The van der Waals surface area contributed by atoms with E-state index in [1.165, 1.54) is 18.4 Å². The average molecular weight is 326 g/mol. The van der Waals surface area contributed by atoms with Gasteiger partial charge in [0, 0.05) is 6.54 Å². The van der Waals surface area contributed by atoms with Gasteiger partial charge in [0.15, 0.2) is 0 Å². The Morgan fingerprint density at radius 2 is 2.05 bits per heavy atom. The SMILES string of the molecule is COc1cc(CN(C)C)ccc1NS(=O)(=O)c1cccs1. The van der Waals surface area contributed by atoms with E-state index in [2.05, 4.69) is 4.72 Å². The van der Waals surface area contributed by atoms with E-state index in [0.29, 0.717) is 11.4 Å². The summed E-state index contributed by atoms with van der Waals surface area (Å²) >= 11 is 1.18. The monoisotopic (exact) mass is 326 g/mol. The molecule has 0 aliphatic rings. The summed E-state index contributed by atoms with van der Waals surface area (Å²) in [7, 11) is 1.91. The van der Waals surface area contributed by atoms with Crippen LogP contribution in [0.25, 0.3) is 0 Å². The normalized spacial score (nSPS) is 11.6. The van der Waals surface area contributed by atoms with Gasteiger partial charge in [0.1, 0.15) is 9.96 Å². The third-order valence-corrected chi connectivity index (χ3v) is 5.53. The van der Waals surface area contributed by atoms with Crippen molar-refractivity contribution in [2.45, 2.75) is 10.8 Å². The second-order valence-electron chi connectivity index (χ2n) is 4.81. The molecule has 0 radical (unpaired) electrons. The number of ether oxygens (including phenoxy) is 1. The maximum atomic E-state index is 12.2. The number of rotatable bonds is 6. The van der Waals surface area contributed by atoms with Crippen LogP contribution in [0.3, 0.4) is 0 Å². The topological polar surface area (TPSA) is 58.6 Å². The minimum Gasteiger partial charge on any atom is -0.495 e. The maximum Gasteiger partial charge on any atom is 0.271 e. The number of anilines is 1. The Morgan fingerprint density at radius 3 is 2.62 bits per heavy atom. The number of benzene rings is 1. The fraction of sp³-hybridized carbons (Fsp3) is 0.286. The zero-order valence-corrected chi connectivity index (χ0v) is 13.8. The van der Waals surface area contributed by atoms with Crippen molar-refractivity contribution >= 4 is 27.0 Å². The van der Waals surface area contributed by atoms with Crippen molar-refractivity contribution in [3.8, 4) is 5.75 Å². The van der Waals surface area contributed by atoms with E-state index >= 15 is 0 Å². The van der Waals surface area contributed by atoms with Crippen molar-refractivity contribution in [1.29, 1.82) is 0 Å². The first-order chi connectivity index (χ1) is 9.92. The summed E-state index contributed by atoms with van der Waals surface area (Å²) < 4.78 is 32.6. The first kappa shape index (κ1) is 15.8. The summed E-state index contributed by atoms with van der Waals surface area (Å²) in [5.41, 5.74) is 1.49. The molecule has 2 rings (SSSR count). The molecule has 114 valence electrons. The Labute approximate surface area is 129 Å². The van der Waals surface area contributed by atoms with Gasteiger partial charge in [0.2, 0.25) is 0 Å². The summed E-state index contributed by atoms with van der Waals surface area (Å²) in [6.07, 6.45) is 0. The predicted molar refractivity (Wildman–Crippen MR) is 85.5 cm³/mol. The van der Waals surface area contributed by atoms with Crippen molar-refractivity contribution in [2.24, 2.45) is 0 Å². The van der Waals surface area contributed by atoms with Crippen LogP contribution in [0.15, 0.2) is 39.9 Å². The highest BCUT2D eigenvalue weighted by molar-refractivity contribution is 7.94. The van der Waals surface area contributed by atoms with Crippen LogP contribution in [0.4, 0.5) is 5.69 Å². The smallest absolute Gasteiger partial charge is 0.271 e. The lowest BCUT2D eigenvalue weighted by atomic mass is 10.2. The molecular formula is C14H18N2O3S2. The first-order valence-corrected chi connectivity index (χ1v) is 8.66. The number of hydrogen-bond acceptors (Lipinski definition) is 5. The maximum absolute atomic E-state index is 12.2. The molecule has 0 spiro atoms. The highest BCUT2D eigenvalue weighted by Crippen LogP contribution is 2.29. The highest BCUT2D eigenvalue weighted by atomic mass is 32.2. The third-order valence-electron chi connectivity index (χ3n) is 2.77. The minimum absolute atomic E-state index is 0.280. The zero-order valence-electron chi connectivity index (χ0n) is 12.2. The molecule has 1 aromatic carbocycles. The quantitative estimate of drug-likeness (QED) is 0.886. The van der Waals surface area contributed by atoms with E-state index in [-0.39, 0.29) is 4.21 Å². The average Bonchev–Trinajstić information content (AvgIpc) is 2.94. The lowest BCUT2D eigenvalue weighted by Crippen LogP contribution is -2.13. The van der Waals surface area contributed by atoms with Gasteiger partial charge in [0.25, 0.3) is 10.0 Å². The first-order valence-electron chi connectivity index (χ1n) is 6.30. The standard InChI is InChI=1S/C14H18N2O3S2/c1-16(2)10-11-6-7-12(13(9-11)19-3)15-21(17,18)14-5-4-8-20-14/h4-9,15H,10H2,1-3H3. The van der Waals surface area contributed by atoms with Gasteiger partial charge in [-0.1, -0.05) is 12.1 Å². The van der Waals surface area contributed by atoms with Crippen LogP contribution in [0.5, 0.6) is 5.75 Å². The minimum atomic E-state index is -3.56. The van der Waals surface area contributed by atoms with E-state index in [1.807, 2.05) is 31.1 Å². The van der Waals surface area contributed by atoms with Crippen LogP contribution < -0.4 is 9.46 Å². The second-order valence-corrected chi connectivity index (χ2v) is 7.67. The fourth-order valence-corrected chi connectivity index (χ4v) is 3.96. The third kappa shape index (κ3) is 3.96. The molecule has 0 bridgehead atoms. The van der Waals surface area contributed by atoms with Gasteiger partial charge < -0.3 is 9.64 Å². The van der Waals surface area contributed by atoms with Gasteiger partial charge >= 0.3 is 0 Å². The van der Waals surface area contributed by atoms with Gasteiger partial charge in [-0.3, -0.25) is 4.72 Å². The molecule has 0 aliphatic heterocycles. The molecule has 0 aliphatic carbocycles. The summed E-state index contributed by atoms with van der Waals surface area (Å²) in [5.74, 6) is 0.509. The number of sulfonamides is 1. The largest absolute Gasteiger partial charge is 0.495 e. The van der Waals surface area contributed by atoms with E-state index in [0.717, 1.165) is 12.1 Å². The number of methoxy groups -OCH3 is 1. The Bertz CT molecular complexity index is 695. The number of nitrogens with zero attached hydrogens (tertiary/aromatic N) is 1. The lowest BCUT2D eigenvalue weighted by Gasteiger charge is -2.14. The molecule has 0 amide bonds. The molecule has 0 unspecified atom stereocenters. The number of nitrogens with one attached hydrogen (secondary N) is 1. The van der Waals surface area contributed by atoms with Crippen LogP contribution in [0.2, 0.25) is 0 Å². The fourth-order valence-electron chi connectivity index (χ4n) is 1.89. The van der Waals surface area contributed by atoms with Crippen LogP contribution in [-0.2, 0) is 16.6 Å². The van der Waals surface area contributed by atoms with Gasteiger partial charge in [-0.15, -0.1) is 11.3 Å². The molecule has 1 aromatic heterocycles. The van der Waals surface area contributed by atoms with Crippen LogP contribution in [0, 0.1) is 0 Å². The zero-order chi connectivity index (χ0) is 15.5. The van der Waals surface area contributed by atoms with E-state index in [1.54, 1.807) is 23.6 Å². The molecule has 0 saturated heterocycles. The molecule has 21 heavy (non-hydrogen) atoms. The van der Waals surface area contributed by atoms with Gasteiger partial charge in [-0.05, 0) is 43.2 Å². The number of hydrogen-bond donors (Lipinski definition) is 1. The van der Waals surface area contributed by atoms with Crippen molar-refractivity contribution < 1.29 is 13.2 Å². The van der Waals surface area contributed by atoms with Crippen molar-refractivity contribution in [3.05, 3.63) is 41.3 Å². The molecule has 0 fully saturated rings. The van der Waals surface area contributed by atoms with Crippen LogP contribution in [0.1, 0.15) is 5.56 Å². The molecule has 1 heterocycles. The summed E-state index contributed by atoms with van der Waals surface area (Å²) in [6.45, 7) is 0.758. The molecule has 0 saturated carbocycles. The van der Waals surface area contributed by atoms with E-state index < -0.39 is 10.0 Å². The van der Waals surface area contributed by atoms with E-state index in [4.69, 9.17) is 4.74 Å². The van der Waals surface area contributed by atoms with Crippen molar-refractivity contribution in [1.82, 2.24) is 4.90 Å². The van der Waals surface area contributed by atoms with Crippen molar-refractivity contribution in [3.63, 3.8) is 0 Å². The molecule has 5 nitrogen and oxygen atoms in total.